The molecule has 1 aliphatic rings. The zero-order valence-corrected chi connectivity index (χ0v) is 10.7. The number of hydrogen-bond donors (Lipinski definition) is 1. The Morgan fingerprint density at radius 2 is 1.60 bits per heavy atom. The molecule has 20 heavy (non-hydrogen) atoms. The summed E-state index contributed by atoms with van der Waals surface area (Å²) >= 11 is 0. The van der Waals surface area contributed by atoms with Crippen LogP contribution in [0.5, 0.6) is 0 Å². The third kappa shape index (κ3) is 1.33. The van der Waals surface area contributed by atoms with Gasteiger partial charge in [-0.1, -0.05) is 54.6 Å². The standard InChI is InChI=1S/C17H12N2O/c20-17(12-6-2-1-3-7-12)14-9-5-4-8-13(14)16-15(17)10-18-11-19-16/h1-11,20H. The fraction of sp³-hybridized carbons (Fsp3) is 0.0588. The van der Waals surface area contributed by atoms with E-state index in [9.17, 15) is 5.11 Å². The normalized spacial score (nSPS) is 19.4. The van der Waals surface area contributed by atoms with Crippen molar-refractivity contribution in [1.82, 2.24) is 9.97 Å². The molecular weight excluding hydrogens is 248 g/mol. The van der Waals surface area contributed by atoms with Gasteiger partial charge < -0.3 is 5.11 Å². The lowest BCUT2D eigenvalue weighted by Crippen LogP contribution is -2.26. The van der Waals surface area contributed by atoms with Gasteiger partial charge in [0.15, 0.2) is 0 Å². The fourth-order valence-corrected chi connectivity index (χ4v) is 2.95. The van der Waals surface area contributed by atoms with E-state index < -0.39 is 5.60 Å². The van der Waals surface area contributed by atoms with Crippen molar-refractivity contribution in [2.24, 2.45) is 0 Å². The van der Waals surface area contributed by atoms with Crippen LogP contribution in [-0.4, -0.2) is 15.1 Å². The van der Waals surface area contributed by atoms with E-state index in [4.69, 9.17) is 0 Å². The highest BCUT2D eigenvalue weighted by Crippen LogP contribution is 2.49. The largest absolute Gasteiger partial charge is 0.376 e. The Balaban J connectivity index is 2.10. The van der Waals surface area contributed by atoms with Crippen LogP contribution in [0.15, 0.2) is 67.1 Å². The summed E-state index contributed by atoms with van der Waals surface area (Å²) in [6.45, 7) is 0. The molecule has 1 N–H and O–H groups in total. The van der Waals surface area contributed by atoms with Crippen LogP contribution in [0.25, 0.3) is 11.3 Å². The Morgan fingerprint density at radius 3 is 2.45 bits per heavy atom. The minimum absolute atomic E-state index is 0.743. The molecule has 1 unspecified atom stereocenters. The van der Waals surface area contributed by atoms with E-state index in [0.29, 0.717) is 0 Å². The Hall–Kier alpha value is -2.52. The number of aromatic nitrogens is 2. The summed E-state index contributed by atoms with van der Waals surface area (Å²) in [5.41, 5.74) is 3.04. The smallest absolute Gasteiger partial charge is 0.144 e. The Kier molecular flexibility index (Phi) is 2.26. The van der Waals surface area contributed by atoms with Crippen molar-refractivity contribution in [2.75, 3.05) is 0 Å². The molecular formula is C17H12N2O. The Bertz CT molecular complexity index is 738. The average molecular weight is 260 g/mol. The summed E-state index contributed by atoms with van der Waals surface area (Å²) in [6, 6.07) is 17.5. The first-order valence-electron chi connectivity index (χ1n) is 6.50. The summed E-state index contributed by atoms with van der Waals surface area (Å²) in [5.74, 6) is 0. The van der Waals surface area contributed by atoms with Crippen molar-refractivity contribution >= 4 is 0 Å². The lowest BCUT2D eigenvalue weighted by Gasteiger charge is -2.25. The van der Waals surface area contributed by atoms with Crippen molar-refractivity contribution in [3.8, 4) is 11.3 Å². The predicted octanol–water partition coefficient (Wildman–Crippen LogP) is 2.74. The van der Waals surface area contributed by atoms with Crippen LogP contribution in [0, 0.1) is 0 Å². The highest BCUT2D eigenvalue weighted by atomic mass is 16.3. The summed E-state index contributed by atoms with van der Waals surface area (Å²) < 4.78 is 0. The van der Waals surface area contributed by atoms with Gasteiger partial charge in [0, 0.05) is 22.9 Å². The fourth-order valence-electron chi connectivity index (χ4n) is 2.95. The summed E-state index contributed by atoms with van der Waals surface area (Å²) in [5, 5.41) is 11.4. The molecule has 3 heteroatoms. The molecule has 0 aliphatic heterocycles. The molecule has 2 aromatic carbocycles. The van der Waals surface area contributed by atoms with E-state index in [1.54, 1.807) is 6.20 Å². The Labute approximate surface area is 116 Å². The molecule has 0 bridgehead atoms. The molecule has 0 saturated heterocycles. The second-order valence-electron chi connectivity index (χ2n) is 4.91. The number of nitrogens with zero attached hydrogens (tertiary/aromatic N) is 2. The van der Waals surface area contributed by atoms with Gasteiger partial charge in [-0.2, -0.15) is 0 Å². The monoisotopic (exact) mass is 260 g/mol. The third-order valence-electron chi connectivity index (χ3n) is 3.87. The summed E-state index contributed by atoms with van der Waals surface area (Å²) in [6.07, 6.45) is 3.22. The van der Waals surface area contributed by atoms with Gasteiger partial charge in [-0.15, -0.1) is 0 Å². The van der Waals surface area contributed by atoms with Gasteiger partial charge >= 0.3 is 0 Å². The first-order chi connectivity index (χ1) is 9.82. The van der Waals surface area contributed by atoms with E-state index in [2.05, 4.69) is 9.97 Å². The minimum Gasteiger partial charge on any atom is -0.376 e. The second-order valence-corrected chi connectivity index (χ2v) is 4.91. The highest BCUT2D eigenvalue weighted by Gasteiger charge is 2.43. The quantitative estimate of drug-likeness (QED) is 0.731. The van der Waals surface area contributed by atoms with Gasteiger partial charge in [0.1, 0.15) is 11.9 Å². The lowest BCUT2D eigenvalue weighted by atomic mass is 9.85. The van der Waals surface area contributed by atoms with Crippen molar-refractivity contribution in [1.29, 1.82) is 0 Å². The molecule has 0 saturated carbocycles. The van der Waals surface area contributed by atoms with Crippen molar-refractivity contribution in [3.63, 3.8) is 0 Å². The molecule has 96 valence electrons. The molecule has 1 heterocycles. The molecule has 0 radical (unpaired) electrons. The topological polar surface area (TPSA) is 46.0 Å². The molecule has 0 amide bonds. The van der Waals surface area contributed by atoms with Gasteiger partial charge in [-0.25, -0.2) is 9.97 Å². The van der Waals surface area contributed by atoms with E-state index >= 15 is 0 Å². The van der Waals surface area contributed by atoms with Crippen molar-refractivity contribution < 1.29 is 5.11 Å². The van der Waals surface area contributed by atoms with Gasteiger partial charge in [-0.05, 0) is 5.56 Å². The number of rotatable bonds is 1. The number of fused-ring (bicyclic) bond motifs is 3. The number of benzene rings is 2. The van der Waals surface area contributed by atoms with Crippen molar-refractivity contribution in [3.05, 3.63) is 83.8 Å². The molecule has 1 aliphatic carbocycles. The first kappa shape index (κ1) is 11.3. The van der Waals surface area contributed by atoms with Gasteiger partial charge in [0.2, 0.25) is 0 Å². The SMILES string of the molecule is OC1(c2ccccc2)c2ccccc2-c2ncncc21. The summed E-state index contributed by atoms with van der Waals surface area (Å²) in [4.78, 5) is 8.44. The lowest BCUT2D eigenvalue weighted by molar-refractivity contribution is 0.130. The minimum atomic E-state index is -1.17. The van der Waals surface area contributed by atoms with Crippen LogP contribution in [0.2, 0.25) is 0 Å². The Morgan fingerprint density at radius 1 is 0.850 bits per heavy atom. The maximum atomic E-state index is 11.4. The first-order valence-corrected chi connectivity index (χ1v) is 6.50. The number of hydrogen-bond acceptors (Lipinski definition) is 3. The molecule has 4 rings (SSSR count). The van der Waals surface area contributed by atoms with Crippen LogP contribution in [-0.2, 0) is 5.60 Å². The van der Waals surface area contributed by atoms with Gasteiger partial charge in [0.05, 0.1) is 5.69 Å². The van der Waals surface area contributed by atoms with E-state index in [0.717, 1.165) is 27.9 Å². The second kappa shape index (κ2) is 3.99. The highest BCUT2D eigenvalue weighted by molar-refractivity contribution is 5.78. The molecule has 0 fully saturated rings. The van der Waals surface area contributed by atoms with E-state index in [1.807, 2.05) is 54.6 Å². The molecule has 1 atom stereocenters. The predicted molar refractivity (Wildman–Crippen MR) is 76.0 cm³/mol. The molecule has 0 spiro atoms. The van der Waals surface area contributed by atoms with Gasteiger partial charge in [0.25, 0.3) is 0 Å². The molecule has 1 aromatic heterocycles. The van der Waals surface area contributed by atoms with Crippen LogP contribution < -0.4 is 0 Å². The maximum absolute atomic E-state index is 11.4. The zero-order valence-electron chi connectivity index (χ0n) is 10.7. The van der Waals surface area contributed by atoms with E-state index in [1.165, 1.54) is 6.33 Å². The van der Waals surface area contributed by atoms with Crippen LogP contribution in [0.3, 0.4) is 0 Å². The van der Waals surface area contributed by atoms with Crippen LogP contribution >= 0.6 is 0 Å². The molecule has 3 aromatic rings. The van der Waals surface area contributed by atoms with Crippen LogP contribution in [0.1, 0.15) is 16.7 Å². The van der Waals surface area contributed by atoms with Crippen LogP contribution in [0.4, 0.5) is 0 Å². The third-order valence-corrected chi connectivity index (χ3v) is 3.87. The number of aliphatic hydroxyl groups is 1. The summed E-state index contributed by atoms with van der Waals surface area (Å²) in [7, 11) is 0. The maximum Gasteiger partial charge on any atom is 0.144 e. The molecule has 3 nitrogen and oxygen atoms in total. The average Bonchev–Trinajstić information content (AvgIpc) is 2.80. The zero-order chi connectivity index (χ0) is 13.6. The van der Waals surface area contributed by atoms with Crippen molar-refractivity contribution in [2.45, 2.75) is 5.60 Å². The van der Waals surface area contributed by atoms with Gasteiger partial charge in [-0.3, -0.25) is 0 Å². The van der Waals surface area contributed by atoms with E-state index in [-0.39, 0.29) is 0 Å².